The molecule has 0 aromatic heterocycles. The van der Waals surface area contributed by atoms with Crippen LogP contribution in [0.1, 0.15) is 40.5 Å². The molecule has 0 radical (unpaired) electrons. The van der Waals surface area contributed by atoms with Crippen molar-refractivity contribution in [2.24, 2.45) is 5.41 Å². The van der Waals surface area contributed by atoms with Crippen LogP contribution >= 0.6 is 0 Å². The molecule has 0 saturated carbocycles. The van der Waals surface area contributed by atoms with Gasteiger partial charge >= 0.3 is 0 Å². The van der Waals surface area contributed by atoms with Crippen molar-refractivity contribution in [3.05, 3.63) is 0 Å². The van der Waals surface area contributed by atoms with Crippen molar-refractivity contribution in [2.45, 2.75) is 46.6 Å². The summed E-state index contributed by atoms with van der Waals surface area (Å²) < 4.78 is 5.16. The molecule has 0 aliphatic carbocycles. The Hall–Kier alpha value is -0.160. The van der Waals surface area contributed by atoms with Gasteiger partial charge in [0, 0.05) is 39.3 Å². The van der Waals surface area contributed by atoms with Gasteiger partial charge in [0.05, 0.1) is 13.2 Å². The second kappa shape index (κ2) is 10.6. The van der Waals surface area contributed by atoms with Crippen LogP contribution in [0, 0.1) is 5.41 Å². The lowest BCUT2D eigenvalue weighted by atomic mass is 9.81. The molecule has 0 aromatic rings. The standard InChI is InChI=1S/C15H34N2O2/c1-6-15(7-2,12-16-14(3)4)13-17(8-10-18)9-11-19-5/h14,16,18H,6-13H2,1-5H3. The van der Waals surface area contributed by atoms with E-state index in [1.807, 2.05) is 0 Å². The van der Waals surface area contributed by atoms with Gasteiger partial charge in [-0.15, -0.1) is 0 Å². The zero-order valence-electron chi connectivity index (χ0n) is 13.5. The average Bonchev–Trinajstić information content (AvgIpc) is 2.40. The fourth-order valence-corrected chi connectivity index (χ4v) is 2.31. The Morgan fingerprint density at radius 1 is 1.21 bits per heavy atom. The van der Waals surface area contributed by atoms with Gasteiger partial charge in [0.1, 0.15) is 0 Å². The Morgan fingerprint density at radius 3 is 2.26 bits per heavy atom. The van der Waals surface area contributed by atoms with Crippen LogP contribution in [-0.2, 0) is 4.74 Å². The van der Waals surface area contributed by atoms with Gasteiger partial charge < -0.3 is 15.2 Å². The molecule has 0 spiro atoms. The van der Waals surface area contributed by atoms with Crippen LogP contribution in [-0.4, -0.2) is 62.6 Å². The molecule has 0 bridgehead atoms. The first-order chi connectivity index (χ1) is 9.03. The number of nitrogens with zero attached hydrogens (tertiary/aromatic N) is 1. The van der Waals surface area contributed by atoms with Gasteiger partial charge in [-0.25, -0.2) is 0 Å². The summed E-state index contributed by atoms with van der Waals surface area (Å²) in [6, 6.07) is 0.516. The maximum Gasteiger partial charge on any atom is 0.0589 e. The molecule has 0 rings (SSSR count). The second-order valence-corrected chi connectivity index (χ2v) is 5.74. The number of rotatable bonds is 12. The van der Waals surface area contributed by atoms with Crippen LogP contribution in [0.15, 0.2) is 0 Å². The van der Waals surface area contributed by atoms with Gasteiger partial charge in [-0.3, -0.25) is 4.90 Å². The van der Waals surface area contributed by atoms with Crippen LogP contribution in [0.4, 0.5) is 0 Å². The number of aliphatic hydroxyl groups excluding tert-OH is 1. The van der Waals surface area contributed by atoms with Gasteiger partial charge in [0.15, 0.2) is 0 Å². The molecule has 19 heavy (non-hydrogen) atoms. The van der Waals surface area contributed by atoms with Crippen LogP contribution in [0.25, 0.3) is 0 Å². The normalized spacial score (nSPS) is 12.6. The lowest BCUT2D eigenvalue weighted by Crippen LogP contribution is -2.46. The second-order valence-electron chi connectivity index (χ2n) is 5.74. The van der Waals surface area contributed by atoms with E-state index in [1.54, 1.807) is 7.11 Å². The van der Waals surface area contributed by atoms with E-state index in [-0.39, 0.29) is 12.0 Å². The minimum Gasteiger partial charge on any atom is -0.395 e. The van der Waals surface area contributed by atoms with Crippen molar-refractivity contribution in [2.75, 3.05) is 46.5 Å². The summed E-state index contributed by atoms with van der Waals surface area (Å²) in [5, 5.41) is 12.8. The first kappa shape index (κ1) is 18.8. The van der Waals surface area contributed by atoms with Crippen LogP contribution < -0.4 is 5.32 Å². The predicted molar refractivity (Wildman–Crippen MR) is 81.6 cm³/mol. The Kier molecular flexibility index (Phi) is 10.5. The first-order valence-electron chi connectivity index (χ1n) is 7.59. The Balaban J connectivity index is 4.55. The van der Waals surface area contributed by atoms with E-state index in [9.17, 15) is 5.11 Å². The topological polar surface area (TPSA) is 44.7 Å². The Bertz CT molecular complexity index is 206. The molecular weight excluding hydrogens is 240 g/mol. The molecule has 0 aromatic carbocycles. The lowest BCUT2D eigenvalue weighted by Gasteiger charge is -2.38. The number of methoxy groups -OCH3 is 1. The third kappa shape index (κ3) is 7.88. The molecule has 0 aliphatic rings. The van der Waals surface area contributed by atoms with Gasteiger partial charge in [0.25, 0.3) is 0 Å². The molecule has 0 atom stereocenters. The maximum absolute atomic E-state index is 9.20. The van der Waals surface area contributed by atoms with E-state index in [2.05, 4.69) is 37.9 Å². The number of hydrogen-bond acceptors (Lipinski definition) is 4. The van der Waals surface area contributed by atoms with Crippen molar-refractivity contribution >= 4 is 0 Å². The summed E-state index contributed by atoms with van der Waals surface area (Å²) in [7, 11) is 1.73. The highest BCUT2D eigenvalue weighted by Crippen LogP contribution is 2.27. The van der Waals surface area contributed by atoms with Crippen molar-refractivity contribution in [3.63, 3.8) is 0 Å². The van der Waals surface area contributed by atoms with E-state index < -0.39 is 0 Å². The van der Waals surface area contributed by atoms with E-state index >= 15 is 0 Å². The highest BCUT2D eigenvalue weighted by atomic mass is 16.5. The van der Waals surface area contributed by atoms with Crippen molar-refractivity contribution in [3.8, 4) is 0 Å². The average molecular weight is 274 g/mol. The van der Waals surface area contributed by atoms with Crippen LogP contribution in [0.3, 0.4) is 0 Å². The molecule has 0 amide bonds. The number of ether oxygens (including phenoxy) is 1. The summed E-state index contributed by atoms with van der Waals surface area (Å²) in [6.07, 6.45) is 2.30. The van der Waals surface area contributed by atoms with Gasteiger partial charge in [-0.1, -0.05) is 27.7 Å². The summed E-state index contributed by atoms with van der Waals surface area (Å²) in [5.41, 5.74) is 0.285. The van der Waals surface area contributed by atoms with Crippen molar-refractivity contribution in [1.82, 2.24) is 10.2 Å². The van der Waals surface area contributed by atoms with E-state index in [0.29, 0.717) is 6.04 Å². The maximum atomic E-state index is 9.20. The minimum absolute atomic E-state index is 0.213. The van der Waals surface area contributed by atoms with Gasteiger partial charge in [-0.05, 0) is 18.3 Å². The highest BCUT2D eigenvalue weighted by Gasteiger charge is 2.28. The Labute approximate surface area is 119 Å². The fraction of sp³-hybridized carbons (Fsp3) is 1.00. The number of hydrogen-bond donors (Lipinski definition) is 2. The minimum atomic E-state index is 0.213. The molecule has 4 heteroatoms. The molecule has 116 valence electrons. The molecule has 0 aliphatic heterocycles. The zero-order valence-corrected chi connectivity index (χ0v) is 13.5. The molecule has 4 nitrogen and oxygen atoms in total. The van der Waals surface area contributed by atoms with Crippen LogP contribution in [0.2, 0.25) is 0 Å². The lowest BCUT2D eigenvalue weighted by molar-refractivity contribution is 0.0830. The third-order valence-electron chi connectivity index (χ3n) is 3.97. The number of aliphatic hydroxyl groups is 1. The van der Waals surface area contributed by atoms with E-state index in [4.69, 9.17) is 4.74 Å². The summed E-state index contributed by atoms with van der Waals surface area (Å²) in [5.74, 6) is 0. The number of nitrogens with one attached hydrogen (secondary N) is 1. The van der Waals surface area contributed by atoms with E-state index in [0.717, 1.165) is 45.6 Å². The summed E-state index contributed by atoms with van der Waals surface area (Å²) in [4.78, 5) is 2.32. The third-order valence-corrected chi connectivity index (χ3v) is 3.97. The van der Waals surface area contributed by atoms with E-state index in [1.165, 1.54) is 0 Å². The molecule has 0 saturated heterocycles. The molecule has 0 fully saturated rings. The largest absolute Gasteiger partial charge is 0.395 e. The van der Waals surface area contributed by atoms with Crippen molar-refractivity contribution in [1.29, 1.82) is 0 Å². The molecular formula is C15H34N2O2. The monoisotopic (exact) mass is 274 g/mol. The molecule has 2 N–H and O–H groups in total. The molecule has 0 heterocycles. The fourth-order valence-electron chi connectivity index (χ4n) is 2.31. The zero-order chi connectivity index (χ0) is 14.7. The molecule has 0 unspecified atom stereocenters. The highest BCUT2D eigenvalue weighted by molar-refractivity contribution is 4.83. The summed E-state index contributed by atoms with van der Waals surface area (Å²) >= 11 is 0. The van der Waals surface area contributed by atoms with Crippen LogP contribution in [0.5, 0.6) is 0 Å². The van der Waals surface area contributed by atoms with Crippen molar-refractivity contribution < 1.29 is 9.84 Å². The first-order valence-corrected chi connectivity index (χ1v) is 7.59. The van der Waals surface area contributed by atoms with Gasteiger partial charge in [0.2, 0.25) is 0 Å². The smallest absolute Gasteiger partial charge is 0.0589 e. The summed E-state index contributed by atoms with van der Waals surface area (Å²) in [6.45, 7) is 13.5. The predicted octanol–water partition coefficient (Wildman–Crippen LogP) is 1.73. The SMILES string of the molecule is CCC(CC)(CNC(C)C)CN(CCO)CCOC. The Morgan fingerprint density at radius 2 is 1.84 bits per heavy atom. The van der Waals surface area contributed by atoms with Gasteiger partial charge in [-0.2, -0.15) is 0 Å². The quantitative estimate of drug-likeness (QED) is 0.569.